The molecule has 1 amide bonds. The number of carbonyl (C=O) groups excluding carboxylic acids is 1. The third kappa shape index (κ3) is 2.64. The maximum atomic E-state index is 12.7. The number of rotatable bonds is 2. The van der Waals surface area contributed by atoms with Gasteiger partial charge in [-0.2, -0.15) is 0 Å². The quantitative estimate of drug-likeness (QED) is 0.847. The van der Waals surface area contributed by atoms with E-state index in [4.69, 9.17) is 5.73 Å². The average molecular weight is 287 g/mol. The van der Waals surface area contributed by atoms with Crippen LogP contribution in [0.1, 0.15) is 45.4 Å². The molecule has 2 aliphatic carbocycles. The molecule has 3 rings (SSSR count). The SMILES string of the molecule is CCC1CCCN(C(=O)C2C3CCC(C3)C2N)C1.Cl. The van der Waals surface area contributed by atoms with Crippen LogP contribution >= 0.6 is 12.4 Å². The molecule has 5 atom stereocenters. The van der Waals surface area contributed by atoms with E-state index in [2.05, 4.69) is 11.8 Å². The molecule has 0 aromatic carbocycles. The third-order valence-electron chi connectivity index (χ3n) is 5.67. The standard InChI is InChI=1S/C15H26N2O.ClH/c1-2-10-4-3-7-17(9-10)15(18)13-11-5-6-12(8-11)14(13)16;/h10-14H,2-9,16H2,1H3;1H. The Morgan fingerprint density at radius 3 is 2.63 bits per heavy atom. The zero-order chi connectivity index (χ0) is 12.7. The van der Waals surface area contributed by atoms with Gasteiger partial charge in [0.25, 0.3) is 0 Å². The van der Waals surface area contributed by atoms with E-state index in [9.17, 15) is 4.79 Å². The highest BCUT2D eigenvalue weighted by molar-refractivity contribution is 5.85. The van der Waals surface area contributed by atoms with Crippen molar-refractivity contribution in [3.05, 3.63) is 0 Å². The lowest BCUT2D eigenvalue weighted by atomic mass is 9.83. The van der Waals surface area contributed by atoms with Gasteiger partial charge in [-0.25, -0.2) is 0 Å². The van der Waals surface area contributed by atoms with Crippen molar-refractivity contribution >= 4 is 18.3 Å². The summed E-state index contributed by atoms with van der Waals surface area (Å²) in [5, 5.41) is 0. The van der Waals surface area contributed by atoms with Crippen molar-refractivity contribution in [2.24, 2.45) is 29.4 Å². The van der Waals surface area contributed by atoms with Crippen LogP contribution in [0.4, 0.5) is 0 Å². The first-order chi connectivity index (χ1) is 8.70. The van der Waals surface area contributed by atoms with Gasteiger partial charge < -0.3 is 10.6 Å². The minimum atomic E-state index is 0. The van der Waals surface area contributed by atoms with Crippen LogP contribution in [0.15, 0.2) is 0 Å². The summed E-state index contributed by atoms with van der Waals surface area (Å²) >= 11 is 0. The van der Waals surface area contributed by atoms with Crippen molar-refractivity contribution in [2.45, 2.75) is 51.5 Å². The Labute approximate surface area is 122 Å². The predicted molar refractivity (Wildman–Crippen MR) is 79.1 cm³/mol. The molecule has 2 N–H and O–H groups in total. The maximum Gasteiger partial charge on any atom is 0.227 e. The second kappa shape index (κ2) is 6.01. The summed E-state index contributed by atoms with van der Waals surface area (Å²) in [6.07, 6.45) is 7.38. The number of halogens is 1. The second-order valence-corrected chi connectivity index (χ2v) is 6.64. The molecule has 3 aliphatic rings. The largest absolute Gasteiger partial charge is 0.342 e. The summed E-state index contributed by atoms with van der Waals surface area (Å²) in [5.74, 6) is 2.49. The van der Waals surface area contributed by atoms with Gasteiger partial charge in [0.05, 0.1) is 5.92 Å². The molecule has 0 aromatic heterocycles. The first-order valence-corrected chi connectivity index (χ1v) is 7.75. The van der Waals surface area contributed by atoms with Gasteiger partial charge in [-0.05, 0) is 49.9 Å². The van der Waals surface area contributed by atoms with Gasteiger partial charge >= 0.3 is 0 Å². The summed E-state index contributed by atoms with van der Waals surface area (Å²) in [4.78, 5) is 14.8. The molecule has 0 aromatic rings. The first-order valence-electron chi connectivity index (χ1n) is 7.75. The summed E-state index contributed by atoms with van der Waals surface area (Å²) < 4.78 is 0. The number of carbonyl (C=O) groups is 1. The zero-order valence-corrected chi connectivity index (χ0v) is 12.7. The average Bonchev–Trinajstić information content (AvgIpc) is 2.99. The minimum Gasteiger partial charge on any atom is -0.342 e. The van der Waals surface area contributed by atoms with Crippen LogP contribution in [0.3, 0.4) is 0 Å². The molecule has 110 valence electrons. The highest BCUT2D eigenvalue weighted by Crippen LogP contribution is 2.48. The van der Waals surface area contributed by atoms with Crippen molar-refractivity contribution < 1.29 is 4.79 Å². The van der Waals surface area contributed by atoms with E-state index in [0.717, 1.165) is 19.0 Å². The highest BCUT2D eigenvalue weighted by atomic mass is 35.5. The fraction of sp³-hybridized carbons (Fsp3) is 0.933. The zero-order valence-electron chi connectivity index (χ0n) is 11.9. The van der Waals surface area contributed by atoms with Gasteiger partial charge in [0.2, 0.25) is 5.91 Å². The van der Waals surface area contributed by atoms with Crippen LogP contribution in [0, 0.1) is 23.7 Å². The number of fused-ring (bicyclic) bond motifs is 2. The van der Waals surface area contributed by atoms with Gasteiger partial charge in [0, 0.05) is 19.1 Å². The molecule has 4 heteroatoms. The molecule has 0 radical (unpaired) electrons. The van der Waals surface area contributed by atoms with Crippen molar-refractivity contribution in [1.29, 1.82) is 0 Å². The summed E-state index contributed by atoms with van der Waals surface area (Å²) in [6.45, 7) is 4.19. The molecular formula is C15H27ClN2O. The Hall–Kier alpha value is -0.280. The van der Waals surface area contributed by atoms with Gasteiger partial charge in [0.1, 0.15) is 0 Å². The Morgan fingerprint density at radius 1 is 1.26 bits per heavy atom. The molecule has 2 bridgehead atoms. The van der Waals surface area contributed by atoms with Crippen molar-refractivity contribution in [1.82, 2.24) is 4.90 Å². The van der Waals surface area contributed by atoms with Crippen molar-refractivity contribution in [2.75, 3.05) is 13.1 Å². The second-order valence-electron chi connectivity index (χ2n) is 6.64. The topological polar surface area (TPSA) is 46.3 Å². The van der Waals surface area contributed by atoms with E-state index in [1.54, 1.807) is 0 Å². The van der Waals surface area contributed by atoms with E-state index in [0.29, 0.717) is 17.7 Å². The Balaban J connectivity index is 0.00000133. The first kappa shape index (κ1) is 15.1. The van der Waals surface area contributed by atoms with E-state index in [-0.39, 0.29) is 24.4 Å². The normalized spacial score (nSPS) is 41.2. The number of hydrogen-bond donors (Lipinski definition) is 1. The molecule has 1 aliphatic heterocycles. The van der Waals surface area contributed by atoms with Gasteiger partial charge in [-0.15, -0.1) is 12.4 Å². The van der Waals surface area contributed by atoms with Crippen LogP contribution in [0.2, 0.25) is 0 Å². The fourth-order valence-corrected chi connectivity index (χ4v) is 4.51. The highest BCUT2D eigenvalue weighted by Gasteiger charge is 2.50. The van der Waals surface area contributed by atoms with Crippen LogP contribution in [0.5, 0.6) is 0 Å². The Morgan fingerprint density at radius 2 is 2.00 bits per heavy atom. The van der Waals surface area contributed by atoms with Crippen molar-refractivity contribution in [3.8, 4) is 0 Å². The smallest absolute Gasteiger partial charge is 0.227 e. The molecule has 0 spiro atoms. The molecule has 3 fully saturated rings. The lowest BCUT2D eigenvalue weighted by Crippen LogP contribution is -2.49. The number of nitrogens with zero attached hydrogens (tertiary/aromatic N) is 1. The van der Waals surface area contributed by atoms with Crippen LogP contribution < -0.4 is 5.73 Å². The van der Waals surface area contributed by atoms with Crippen LogP contribution in [-0.2, 0) is 4.79 Å². The maximum absolute atomic E-state index is 12.7. The van der Waals surface area contributed by atoms with Gasteiger partial charge in [-0.1, -0.05) is 13.3 Å². The fourth-order valence-electron chi connectivity index (χ4n) is 4.51. The lowest BCUT2D eigenvalue weighted by Gasteiger charge is -2.37. The van der Waals surface area contributed by atoms with Crippen molar-refractivity contribution in [3.63, 3.8) is 0 Å². The van der Waals surface area contributed by atoms with Crippen LogP contribution in [0.25, 0.3) is 0 Å². The number of hydrogen-bond acceptors (Lipinski definition) is 2. The molecular weight excluding hydrogens is 260 g/mol. The van der Waals surface area contributed by atoms with E-state index >= 15 is 0 Å². The molecule has 2 saturated carbocycles. The Bertz CT molecular complexity index is 334. The monoisotopic (exact) mass is 286 g/mol. The number of piperidine rings is 1. The van der Waals surface area contributed by atoms with E-state index in [1.165, 1.54) is 38.5 Å². The molecule has 1 heterocycles. The third-order valence-corrected chi connectivity index (χ3v) is 5.67. The lowest BCUT2D eigenvalue weighted by molar-refractivity contribution is -0.139. The Kier molecular flexibility index (Phi) is 4.78. The van der Waals surface area contributed by atoms with Crippen LogP contribution in [-0.4, -0.2) is 29.9 Å². The van der Waals surface area contributed by atoms with Gasteiger partial charge in [-0.3, -0.25) is 4.79 Å². The molecule has 3 nitrogen and oxygen atoms in total. The molecule has 19 heavy (non-hydrogen) atoms. The number of nitrogens with two attached hydrogens (primary N) is 1. The summed E-state index contributed by atoms with van der Waals surface area (Å²) in [5.41, 5.74) is 6.29. The number of likely N-dealkylation sites (tertiary alicyclic amines) is 1. The summed E-state index contributed by atoms with van der Waals surface area (Å²) in [6, 6.07) is 0.151. The molecule has 1 saturated heterocycles. The minimum absolute atomic E-state index is 0. The van der Waals surface area contributed by atoms with E-state index in [1.807, 2.05) is 0 Å². The summed E-state index contributed by atoms with van der Waals surface area (Å²) in [7, 11) is 0. The van der Waals surface area contributed by atoms with E-state index < -0.39 is 0 Å². The molecule has 5 unspecified atom stereocenters. The number of amides is 1. The predicted octanol–water partition coefficient (Wildman–Crippen LogP) is 2.43. The van der Waals surface area contributed by atoms with Gasteiger partial charge in [0.15, 0.2) is 0 Å².